The summed E-state index contributed by atoms with van der Waals surface area (Å²) in [5.74, 6) is 0. The van der Waals surface area contributed by atoms with E-state index in [0.29, 0.717) is 5.39 Å². The third-order valence-electron chi connectivity index (χ3n) is 4.95. The first-order chi connectivity index (χ1) is 12.5. The van der Waals surface area contributed by atoms with E-state index >= 15 is 0 Å². The monoisotopic (exact) mass is 398 g/mol. The number of hydrogen-bond acceptors (Lipinski definition) is 3. The number of rotatable bonds is 11. The number of hydrogen-bond donors (Lipinski definition) is 0. The van der Waals surface area contributed by atoms with Crippen molar-refractivity contribution in [3.05, 3.63) is 41.5 Å². The van der Waals surface area contributed by atoms with Crippen molar-refractivity contribution in [2.75, 3.05) is 0 Å². The molecular formula is C22H31NaO3S. The fraction of sp³-hybridized carbons (Fsp3) is 0.545. The molecule has 27 heavy (non-hydrogen) atoms. The summed E-state index contributed by atoms with van der Waals surface area (Å²) in [6.45, 7) is 4.35. The van der Waals surface area contributed by atoms with Crippen LogP contribution in [-0.2, 0) is 23.0 Å². The van der Waals surface area contributed by atoms with Gasteiger partial charge >= 0.3 is 29.6 Å². The van der Waals surface area contributed by atoms with Gasteiger partial charge in [0.05, 0.1) is 4.90 Å². The van der Waals surface area contributed by atoms with Gasteiger partial charge in [-0.3, -0.25) is 0 Å². The zero-order chi connectivity index (χ0) is 19.0. The second-order valence-corrected chi connectivity index (χ2v) is 8.57. The van der Waals surface area contributed by atoms with E-state index in [9.17, 15) is 13.0 Å². The first kappa shape index (κ1) is 24.6. The third kappa shape index (κ3) is 7.86. The van der Waals surface area contributed by atoms with Crippen molar-refractivity contribution in [3.8, 4) is 0 Å². The Kier molecular flexibility index (Phi) is 11.2. The van der Waals surface area contributed by atoms with Crippen LogP contribution in [0.1, 0.15) is 76.3 Å². The first-order valence-corrected chi connectivity index (χ1v) is 11.4. The van der Waals surface area contributed by atoms with E-state index in [2.05, 4.69) is 19.9 Å². The molecule has 2 aromatic carbocycles. The van der Waals surface area contributed by atoms with E-state index in [1.165, 1.54) is 32.1 Å². The fourth-order valence-electron chi connectivity index (χ4n) is 3.45. The Labute approximate surface area is 187 Å². The summed E-state index contributed by atoms with van der Waals surface area (Å²) in [5.41, 5.74) is 2.05. The minimum Gasteiger partial charge on any atom is -0.744 e. The molecule has 5 heteroatoms. The second-order valence-electron chi connectivity index (χ2n) is 7.22. The molecule has 2 rings (SSSR count). The Balaban J connectivity index is 0.00000364. The van der Waals surface area contributed by atoms with Crippen LogP contribution in [0.15, 0.2) is 35.2 Å². The molecule has 0 unspecified atom stereocenters. The smallest absolute Gasteiger partial charge is 0.744 e. The first-order valence-electron chi connectivity index (χ1n) is 9.97. The van der Waals surface area contributed by atoms with Gasteiger partial charge in [-0.05, 0) is 59.7 Å². The van der Waals surface area contributed by atoms with Crippen LogP contribution in [0.2, 0.25) is 0 Å². The normalized spacial score (nSPS) is 11.5. The summed E-state index contributed by atoms with van der Waals surface area (Å²) < 4.78 is 35.5. The molecule has 3 nitrogen and oxygen atoms in total. The van der Waals surface area contributed by atoms with Crippen LogP contribution >= 0.6 is 0 Å². The summed E-state index contributed by atoms with van der Waals surface area (Å²) in [6, 6.07) is 9.56. The molecule has 0 aliphatic carbocycles. The molecule has 0 fully saturated rings. The quantitative estimate of drug-likeness (QED) is 0.332. The van der Waals surface area contributed by atoms with Crippen molar-refractivity contribution in [3.63, 3.8) is 0 Å². The van der Waals surface area contributed by atoms with Gasteiger partial charge in [-0.25, -0.2) is 8.42 Å². The largest absolute Gasteiger partial charge is 1.00 e. The summed E-state index contributed by atoms with van der Waals surface area (Å²) in [4.78, 5) is -0.0594. The molecule has 0 saturated heterocycles. The van der Waals surface area contributed by atoms with Crippen molar-refractivity contribution < 1.29 is 42.5 Å². The summed E-state index contributed by atoms with van der Waals surface area (Å²) in [7, 11) is -4.48. The van der Waals surface area contributed by atoms with Gasteiger partial charge in [-0.1, -0.05) is 70.6 Å². The zero-order valence-corrected chi connectivity index (χ0v) is 19.9. The standard InChI is InChI=1S/C22H32O3S.Na/c1-3-5-7-9-11-18-13-14-20-15-19(12-10-8-6-4-2)17-22(21(20)16-18)26(23,24)25;/h13-17H,3-12H2,1-2H3,(H,23,24,25);/q;+1/p-1. The van der Waals surface area contributed by atoms with Crippen LogP contribution in [0.3, 0.4) is 0 Å². The van der Waals surface area contributed by atoms with E-state index in [1.54, 1.807) is 6.07 Å². The van der Waals surface area contributed by atoms with Gasteiger partial charge in [0.25, 0.3) is 0 Å². The van der Waals surface area contributed by atoms with E-state index < -0.39 is 10.1 Å². The van der Waals surface area contributed by atoms with Crippen molar-refractivity contribution >= 4 is 20.9 Å². The molecule has 0 aliphatic heterocycles. The average molecular weight is 399 g/mol. The van der Waals surface area contributed by atoms with Gasteiger partial charge in [-0.15, -0.1) is 0 Å². The molecular weight excluding hydrogens is 367 g/mol. The van der Waals surface area contributed by atoms with E-state index in [4.69, 9.17) is 0 Å². The molecule has 0 aromatic heterocycles. The molecule has 0 N–H and O–H groups in total. The molecule has 0 amide bonds. The van der Waals surface area contributed by atoms with Crippen LogP contribution < -0.4 is 29.6 Å². The maximum atomic E-state index is 11.8. The summed E-state index contributed by atoms with van der Waals surface area (Å²) >= 11 is 0. The van der Waals surface area contributed by atoms with E-state index in [-0.39, 0.29) is 34.5 Å². The van der Waals surface area contributed by atoms with Crippen LogP contribution in [0.5, 0.6) is 0 Å². The fourth-order valence-corrected chi connectivity index (χ4v) is 4.19. The Morgan fingerprint density at radius 1 is 0.778 bits per heavy atom. The zero-order valence-electron chi connectivity index (χ0n) is 17.1. The van der Waals surface area contributed by atoms with Crippen LogP contribution in [0.25, 0.3) is 10.8 Å². The van der Waals surface area contributed by atoms with Crippen LogP contribution in [-0.4, -0.2) is 13.0 Å². The Bertz CT molecular complexity index is 816. The minimum atomic E-state index is -4.48. The Morgan fingerprint density at radius 2 is 1.37 bits per heavy atom. The average Bonchev–Trinajstić information content (AvgIpc) is 2.61. The molecule has 0 atom stereocenters. The van der Waals surface area contributed by atoms with Crippen LogP contribution in [0.4, 0.5) is 0 Å². The molecule has 0 saturated carbocycles. The molecule has 0 aliphatic rings. The van der Waals surface area contributed by atoms with Gasteiger partial charge < -0.3 is 4.55 Å². The van der Waals surface area contributed by atoms with Crippen molar-refractivity contribution in [1.29, 1.82) is 0 Å². The Morgan fingerprint density at radius 3 is 1.93 bits per heavy atom. The van der Waals surface area contributed by atoms with Crippen molar-refractivity contribution in [2.24, 2.45) is 0 Å². The van der Waals surface area contributed by atoms with E-state index in [1.807, 2.05) is 18.2 Å². The number of unbranched alkanes of at least 4 members (excludes halogenated alkanes) is 6. The van der Waals surface area contributed by atoms with Gasteiger partial charge in [0.15, 0.2) is 0 Å². The molecule has 144 valence electrons. The number of fused-ring (bicyclic) bond motifs is 1. The maximum Gasteiger partial charge on any atom is 1.00 e. The molecule has 0 spiro atoms. The van der Waals surface area contributed by atoms with Crippen LogP contribution in [0, 0.1) is 0 Å². The van der Waals surface area contributed by atoms with Gasteiger partial charge in [0.1, 0.15) is 10.1 Å². The van der Waals surface area contributed by atoms with E-state index in [0.717, 1.165) is 48.6 Å². The second kappa shape index (κ2) is 12.2. The van der Waals surface area contributed by atoms with Gasteiger partial charge in [0, 0.05) is 0 Å². The third-order valence-corrected chi connectivity index (χ3v) is 5.82. The number of aryl methyl sites for hydroxylation is 2. The minimum absolute atomic E-state index is 0. The predicted octanol–water partition coefficient (Wildman–Crippen LogP) is 2.99. The summed E-state index contributed by atoms with van der Waals surface area (Å²) in [6.07, 6.45) is 10.9. The van der Waals surface area contributed by atoms with Crippen molar-refractivity contribution in [1.82, 2.24) is 0 Å². The summed E-state index contributed by atoms with van der Waals surface area (Å²) in [5, 5.41) is 1.43. The molecule has 0 heterocycles. The predicted molar refractivity (Wildman–Crippen MR) is 108 cm³/mol. The van der Waals surface area contributed by atoms with Gasteiger partial charge in [0.2, 0.25) is 0 Å². The molecule has 0 bridgehead atoms. The maximum absolute atomic E-state index is 11.8. The molecule has 2 aromatic rings. The van der Waals surface area contributed by atoms with Crippen molar-refractivity contribution in [2.45, 2.75) is 83.0 Å². The Hall–Kier alpha value is -0.390. The number of benzene rings is 2. The van der Waals surface area contributed by atoms with Gasteiger partial charge in [-0.2, -0.15) is 0 Å². The topological polar surface area (TPSA) is 57.2 Å². The molecule has 0 radical (unpaired) electrons. The SMILES string of the molecule is CCCCCCc1cc(S(=O)(=O)[O-])c2cc(CCCCCC)ccc2c1.[Na+].